The Morgan fingerprint density at radius 3 is 2.58 bits per heavy atom. The summed E-state index contributed by atoms with van der Waals surface area (Å²) < 4.78 is 18.3. The smallest absolute Gasteiger partial charge is 0.256 e. The van der Waals surface area contributed by atoms with Gasteiger partial charge in [-0.1, -0.05) is 0 Å². The monoisotopic (exact) mass is 338 g/mol. The van der Waals surface area contributed by atoms with Crippen molar-refractivity contribution in [3.63, 3.8) is 0 Å². The SMILES string of the molecule is CCOCCOc1nn([C@H]2CC[C@H](N3CCOCC3)CC2)cc1N. The minimum atomic E-state index is 0.425. The molecule has 7 heteroatoms. The van der Waals surface area contributed by atoms with Crippen LogP contribution in [0.1, 0.15) is 38.6 Å². The van der Waals surface area contributed by atoms with E-state index in [9.17, 15) is 0 Å². The molecule has 7 nitrogen and oxygen atoms in total. The van der Waals surface area contributed by atoms with Crippen LogP contribution >= 0.6 is 0 Å². The van der Waals surface area contributed by atoms with Gasteiger partial charge in [-0.3, -0.25) is 9.58 Å². The van der Waals surface area contributed by atoms with Crippen molar-refractivity contribution in [3.8, 4) is 5.88 Å². The molecule has 1 aromatic rings. The van der Waals surface area contributed by atoms with Gasteiger partial charge in [-0.05, 0) is 32.6 Å². The third kappa shape index (κ3) is 4.40. The second-order valence-electron chi connectivity index (χ2n) is 6.53. The molecule has 136 valence electrons. The van der Waals surface area contributed by atoms with Crippen molar-refractivity contribution in [3.05, 3.63) is 6.20 Å². The Bertz CT molecular complexity index is 494. The molecule has 1 saturated carbocycles. The molecule has 0 atom stereocenters. The first-order valence-corrected chi connectivity index (χ1v) is 9.15. The van der Waals surface area contributed by atoms with Crippen LogP contribution in [-0.2, 0) is 9.47 Å². The molecule has 3 rings (SSSR count). The van der Waals surface area contributed by atoms with Crippen molar-refractivity contribution in [1.29, 1.82) is 0 Å². The van der Waals surface area contributed by atoms with E-state index in [1.165, 1.54) is 12.8 Å². The van der Waals surface area contributed by atoms with E-state index in [-0.39, 0.29) is 0 Å². The first-order valence-electron chi connectivity index (χ1n) is 9.15. The number of nitrogens with two attached hydrogens (primary N) is 1. The lowest BCUT2D eigenvalue weighted by molar-refractivity contribution is 0.00502. The van der Waals surface area contributed by atoms with Crippen LogP contribution in [-0.4, -0.2) is 66.8 Å². The third-order valence-corrected chi connectivity index (χ3v) is 5.00. The van der Waals surface area contributed by atoms with Crippen LogP contribution in [0.3, 0.4) is 0 Å². The molecule has 0 amide bonds. The van der Waals surface area contributed by atoms with Gasteiger partial charge in [-0.2, -0.15) is 0 Å². The zero-order chi connectivity index (χ0) is 16.8. The van der Waals surface area contributed by atoms with Gasteiger partial charge in [0.1, 0.15) is 12.3 Å². The average molecular weight is 338 g/mol. The highest BCUT2D eigenvalue weighted by molar-refractivity contribution is 5.46. The van der Waals surface area contributed by atoms with Gasteiger partial charge < -0.3 is 19.9 Å². The Kier molecular flexibility index (Phi) is 6.34. The molecule has 2 N–H and O–H groups in total. The molecule has 0 spiro atoms. The van der Waals surface area contributed by atoms with Crippen molar-refractivity contribution in [2.75, 3.05) is 51.9 Å². The molecular formula is C17H30N4O3. The van der Waals surface area contributed by atoms with E-state index in [0.717, 1.165) is 39.1 Å². The maximum absolute atomic E-state index is 6.04. The second-order valence-corrected chi connectivity index (χ2v) is 6.53. The molecular weight excluding hydrogens is 308 g/mol. The van der Waals surface area contributed by atoms with Crippen LogP contribution < -0.4 is 10.5 Å². The minimum Gasteiger partial charge on any atom is -0.473 e. The maximum Gasteiger partial charge on any atom is 0.256 e. The van der Waals surface area contributed by atoms with Gasteiger partial charge in [0.05, 0.1) is 32.1 Å². The Morgan fingerprint density at radius 2 is 1.88 bits per heavy atom. The molecule has 0 bridgehead atoms. The van der Waals surface area contributed by atoms with Crippen molar-refractivity contribution < 1.29 is 14.2 Å². The molecule has 1 saturated heterocycles. The van der Waals surface area contributed by atoms with Crippen LogP contribution in [0.2, 0.25) is 0 Å². The maximum atomic E-state index is 6.04. The topological polar surface area (TPSA) is 74.8 Å². The zero-order valence-corrected chi connectivity index (χ0v) is 14.7. The standard InChI is InChI=1S/C17H30N4O3/c1-2-22-11-12-24-17-16(18)13-21(19-17)15-5-3-14(4-6-15)20-7-9-23-10-8-20/h13-15H,2-12,18H2,1H3/t14-,15-. The summed E-state index contributed by atoms with van der Waals surface area (Å²) in [6.45, 7) is 7.60. The molecule has 24 heavy (non-hydrogen) atoms. The number of nitrogens with zero attached hydrogens (tertiary/aromatic N) is 3. The second kappa shape index (κ2) is 8.69. The third-order valence-electron chi connectivity index (χ3n) is 5.00. The van der Waals surface area contributed by atoms with E-state index in [1.807, 2.05) is 17.8 Å². The van der Waals surface area contributed by atoms with Crippen molar-refractivity contribution in [2.45, 2.75) is 44.7 Å². The van der Waals surface area contributed by atoms with Crippen LogP contribution in [0.5, 0.6) is 5.88 Å². The van der Waals surface area contributed by atoms with Crippen LogP contribution in [0.15, 0.2) is 6.20 Å². The number of hydrogen-bond donors (Lipinski definition) is 1. The van der Waals surface area contributed by atoms with Crippen LogP contribution in [0, 0.1) is 0 Å². The molecule has 0 radical (unpaired) electrons. The zero-order valence-electron chi connectivity index (χ0n) is 14.7. The fraction of sp³-hybridized carbons (Fsp3) is 0.824. The van der Waals surface area contributed by atoms with E-state index in [4.69, 9.17) is 19.9 Å². The molecule has 1 aromatic heterocycles. The summed E-state index contributed by atoms with van der Waals surface area (Å²) in [6, 6.07) is 1.12. The summed E-state index contributed by atoms with van der Waals surface area (Å²) in [5.74, 6) is 0.532. The number of morpholine rings is 1. The fourth-order valence-electron chi connectivity index (χ4n) is 3.66. The summed E-state index contributed by atoms with van der Waals surface area (Å²) in [6.07, 6.45) is 6.62. The Labute approximate surface area is 144 Å². The Hall–Kier alpha value is -1.31. The van der Waals surface area contributed by atoms with Crippen molar-refractivity contribution in [2.24, 2.45) is 0 Å². The predicted molar refractivity (Wildman–Crippen MR) is 92.3 cm³/mol. The van der Waals surface area contributed by atoms with Crippen LogP contribution in [0.4, 0.5) is 5.69 Å². The van der Waals surface area contributed by atoms with E-state index >= 15 is 0 Å². The summed E-state index contributed by atoms with van der Waals surface area (Å²) in [7, 11) is 0. The quantitative estimate of drug-likeness (QED) is 0.763. The molecule has 2 aliphatic rings. The van der Waals surface area contributed by atoms with E-state index in [0.29, 0.717) is 43.5 Å². The van der Waals surface area contributed by atoms with Gasteiger partial charge in [0.15, 0.2) is 0 Å². The highest BCUT2D eigenvalue weighted by Gasteiger charge is 2.28. The van der Waals surface area contributed by atoms with E-state index in [2.05, 4.69) is 10.00 Å². The van der Waals surface area contributed by atoms with Gasteiger partial charge >= 0.3 is 0 Å². The number of anilines is 1. The van der Waals surface area contributed by atoms with E-state index in [1.54, 1.807) is 0 Å². The van der Waals surface area contributed by atoms with Gasteiger partial charge in [-0.25, -0.2) is 0 Å². The fourth-order valence-corrected chi connectivity index (χ4v) is 3.66. The van der Waals surface area contributed by atoms with Crippen molar-refractivity contribution >= 4 is 5.69 Å². The van der Waals surface area contributed by atoms with Gasteiger partial charge in [0, 0.05) is 25.7 Å². The lowest BCUT2D eigenvalue weighted by Crippen LogP contribution is -2.45. The van der Waals surface area contributed by atoms with Gasteiger partial charge in [0.25, 0.3) is 5.88 Å². The molecule has 1 aliphatic heterocycles. The van der Waals surface area contributed by atoms with Crippen LogP contribution in [0.25, 0.3) is 0 Å². The molecule has 1 aliphatic carbocycles. The predicted octanol–water partition coefficient (Wildman–Crippen LogP) is 1.70. The largest absolute Gasteiger partial charge is 0.473 e. The number of rotatable bonds is 7. The van der Waals surface area contributed by atoms with E-state index < -0.39 is 0 Å². The summed E-state index contributed by atoms with van der Waals surface area (Å²) in [4.78, 5) is 2.58. The number of aromatic nitrogens is 2. The summed E-state index contributed by atoms with van der Waals surface area (Å²) >= 11 is 0. The Morgan fingerprint density at radius 1 is 1.17 bits per heavy atom. The first-order chi connectivity index (χ1) is 11.8. The van der Waals surface area contributed by atoms with Gasteiger partial charge in [-0.15, -0.1) is 5.10 Å². The molecule has 2 heterocycles. The van der Waals surface area contributed by atoms with Crippen molar-refractivity contribution in [1.82, 2.24) is 14.7 Å². The highest BCUT2D eigenvalue weighted by Crippen LogP contribution is 2.33. The average Bonchev–Trinajstić information content (AvgIpc) is 3.00. The van der Waals surface area contributed by atoms with Gasteiger partial charge in [0.2, 0.25) is 0 Å². The first kappa shape index (κ1) is 17.5. The Balaban J connectivity index is 1.49. The molecule has 0 aromatic carbocycles. The molecule has 0 unspecified atom stereocenters. The summed E-state index contributed by atoms with van der Waals surface area (Å²) in [5, 5.41) is 4.55. The molecule has 2 fully saturated rings. The highest BCUT2D eigenvalue weighted by atomic mass is 16.5. The minimum absolute atomic E-state index is 0.425. The normalized spacial score (nSPS) is 25.7. The number of ether oxygens (including phenoxy) is 3. The summed E-state index contributed by atoms with van der Waals surface area (Å²) in [5.41, 5.74) is 6.65. The number of hydrogen-bond acceptors (Lipinski definition) is 6. The lowest BCUT2D eigenvalue weighted by atomic mass is 9.90. The number of nitrogen functional groups attached to an aromatic ring is 1. The lowest BCUT2D eigenvalue weighted by Gasteiger charge is -2.38.